The Bertz CT molecular complexity index is 952. The molecular weight excluding hydrogens is 452 g/mol. The summed E-state index contributed by atoms with van der Waals surface area (Å²) in [5, 5.41) is 6.17. The molecule has 0 saturated heterocycles. The van der Waals surface area contributed by atoms with E-state index in [1.165, 1.54) is 0 Å². The van der Waals surface area contributed by atoms with E-state index in [-0.39, 0.29) is 47.9 Å². The quantitative estimate of drug-likeness (QED) is 0.523. The zero-order valence-corrected chi connectivity index (χ0v) is 22.6. The molecule has 36 heavy (non-hydrogen) atoms. The molecule has 0 aliphatic heterocycles. The molecule has 1 fully saturated rings. The second kappa shape index (κ2) is 11.8. The first-order valence-corrected chi connectivity index (χ1v) is 13.0. The molecule has 1 saturated carbocycles. The third-order valence-corrected chi connectivity index (χ3v) is 6.57. The van der Waals surface area contributed by atoms with Gasteiger partial charge in [-0.15, -0.1) is 0 Å². The minimum atomic E-state index is -0.180. The summed E-state index contributed by atoms with van der Waals surface area (Å²) in [4.78, 5) is 25.5. The molecule has 0 spiro atoms. The maximum absolute atomic E-state index is 12.7. The van der Waals surface area contributed by atoms with Gasteiger partial charge >= 0.3 is 0 Å². The first-order valence-electron chi connectivity index (χ1n) is 13.0. The van der Waals surface area contributed by atoms with Gasteiger partial charge in [0.15, 0.2) is 13.2 Å². The second-order valence-corrected chi connectivity index (χ2v) is 11.7. The number of ether oxygens (including phenoxy) is 2. The minimum absolute atomic E-state index is 0.0586. The lowest BCUT2D eigenvalue weighted by atomic mass is 9.86. The average Bonchev–Trinajstić information content (AvgIpc) is 2.82. The fourth-order valence-electron chi connectivity index (χ4n) is 4.68. The van der Waals surface area contributed by atoms with Crippen LogP contribution >= 0.6 is 0 Å². The molecule has 1 aliphatic rings. The lowest BCUT2D eigenvalue weighted by Gasteiger charge is -2.33. The SMILES string of the molecule is CC(C)(C)c1ccccc1OCC(=O)NC1CCCCC1NC(=O)COc1ccccc1C(C)(C)C. The number of carbonyl (C=O) groups excluding carboxylic acids is 2. The van der Waals surface area contributed by atoms with E-state index in [1.807, 2.05) is 48.5 Å². The van der Waals surface area contributed by atoms with Crippen molar-refractivity contribution in [3.63, 3.8) is 0 Å². The first kappa shape index (κ1) is 27.6. The Morgan fingerprint density at radius 1 is 0.694 bits per heavy atom. The fraction of sp³-hybridized carbons (Fsp3) is 0.533. The number of benzene rings is 2. The molecular formula is C30H42N2O4. The van der Waals surface area contributed by atoms with Crippen molar-refractivity contribution in [3.05, 3.63) is 59.7 Å². The Morgan fingerprint density at radius 2 is 1.06 bits per heavy atom. The lowest BCUT2D eigenvalue weighted by Crippen LogP contribution is -2.54. The van der Waals surface area contributed by atoms with E-state index < -0.39 is 0 Å². The summed E-state index contributed by atoms with van der Waals surface area (Å²) in [5.41, 5.74) is 1.96. The van der Waals surface area contributed by atoms with Gasteiger partial charge in [0.1, 0.15) is 11.5 Å². The van der Waals surface area contributed by atoms with Crippen LogP contribution in [0.5, 0.6) is 11.5 Å². The van der Waals surface area contributed by atoms with Gasteiger partial charge in [-0.25, -0.2) is 0 Å². The van der Waals surface area contributed by atoms with Gasteiger partial charge < -0.3 is 20.1 Å². The Hall–Kier alpha value is -3.02. The number of rotatable bonds is 8. The third kappa shape index (κ3) is 7.74. The number of para-hydroxylation sites is 2. The summed E-state index contributed by atoms with van der Waals surface area (Å²) in [6.45, 7) is 12.6. The van der Waals surface area contributed by atoms with Gasteiger partial charge in [-0.3, -0.25) is 9.59 Å². The number of hydrogen-bond acceptors (Lipinski definition) is 4. The second-order valence-electron chi connectivity index (χ2n) is 11.7. The summed E-state index contributed by atoms with van der Waals surface area (Å²) in [6.07, 6.45) is 3.67. The van der Waals surface area contributed by atoms with Gasteiger partial charge in [0, 0.05) is 12.1 Å². The Labute approximate surface area is 216 Å². The molecule has 0 bridgehead atoms. The number of nitrogens with one attached hydrogen (secondary N) is 2. The van der Waals surface area contributed by atoms with Crippen LogP contribution in [0.1, 0.15) is 78.4 Å². The predicted octanol–water partition coefficient (Wildman–Crippen LogP) is 5.28. The Balaban J connectivity index is 1.54. The molecule has 0 aromatic heterocycles. The third-order valence-electron chi connectivity index (χ3n) is 6.57. The number of amides is 2. The molecule has 2 aromatic carbocycles. The molecule has 6 nitrogen and oxygen atoms in total. The van der Waals surface area contributed by atoms with Crippen LogP contribution in [0, 0.1) is 0 Å². The summed E-state index contributed by atoms with van der Waals surface area (Å²) in [7, 11) is 0. The molecule has 3 rings (SSSR count). The van der Waals surface area contributed by atoms with Crippen LogP contribution in [-0.4, -0.2) is 37.1 Å². The standard InChI is InChI=1S/C30H42N2O4/c1-29(2,3)21-13-7-11-17-25(21)35-19-27(33)31-23-15-9-10-16-24(23)32-28(34)20-36-26-18-12-8-14-22(26)30(4,5)6/h7-8,11-14,17-18,23-24H,9-10,15-16,19-20H2,1-6H3,(H,31,33)(H,32,34). The Morgan fingerprint density at radius 3 is 1.42 bits per heavy atom. The highest BCUT2D eigenvalue weighted by molar-refractivity contribution is 5.79. The molecule has 0 heterocycles. The summed E-state index contributed by atoms with van der Waals surface area (Å²) >= 11 is 0. The van der Waals surface area contributed by atoms with Gasteiger partial charge in [0.25, 0.3) is 11.8 Å². The van der Waals surface area contributed by atoms with E-state index in [2.05, 4.69) is 52.2 Å². The van der Waals surface area contributed by atoms with Gasteiger partial charge in [0.05, 0.1) is 0 Å². The summed E-state index contributed by atoms with van der Waals surface area (Å²) < 4.78 is 11.8. The fourth-order valence-corrected chi connectivity index (χ4v) is 4.68. The van der Waals surface area contributed by atoms with Crippen LogP contribution in [0.25, 0.3) is 0 Å². The van der Waals surface area contributed by atoms with Gasteiger partial charge in [-0.1, -0.05) is 90.8 Å². The molecule has 6 heteroatoms. The Kier molecular flexibility index (Phi) is 9.04. The van der Waals surface area contributed by atoms with Gasteiger partial charge in [-0.2, -0.15) is 0 Å². The van der Waals surface area contributed by atoms with Crippen LogP contribution < -0.4 is 20.1 Å². The molecule has 2 aromatic rings. The van der Waals surface area contributed by atoms with E-state index in [0.717, 1.165) is 48.3 Å². The van der Waals surface area contributed by atoms with E-state index in [4.69, 9.17) is 9.47 Å². The summed E-state index contributed by atoms with van der Waals surface area (Å²) in [6, 6.07) is 15.4. The highest BCUT2D eigenvalue weighted by atomic mass is 16.5. The maximum Gasteiger partial charge on any atom is 0.258 e. The highest BCUT2D eigenvalue weighted by Gasteiger charge is 2.28. The predicted molar refractivity (Wildman–Crippen MR) is 144 cm³/mol. The van der Waals surface area contributed by atoms with E-state index in [9.17, 15) is 9.59 Å². The molecule has 1 aliphatic carbocycles. The molecule has 0 radical (unpaired) electrons. The van der Waals surface area contributed by atoms with Crippen LogP contribution in [0.3, 0.4) is 0 Å². The first-order chi connectivity index (χ1) is 16.9. The van der Waals surface area contributed by atoms with E-state index >= 15 is 0 Å². The molecule has 2 amide bonds. The summed E-state index contributed by atoms with van der Waals surface area (Å²) in [5.74, 6) is 1.09. The van der Waals surface area contributed by atoms with Crippen LogP contribution in [0.15, 0.2) is 48.5 Å². The van der Waals surface area contributed by atoms with Crippen molar-refractivity contribution in [2.45, 2.75) is 90.1 Å². The van der Waals surface area contributed by atoms with Crippen LogP contribution in [-0.2, 0) is 20.4 Å². The molecule has 2 atom stereocenters. The van der Waals surface area contributed by atoms with Crippen molar-refractivity contribution in [1.29, 1.82) is 0 Å². The maximum atomic E-state index is 12.7. The highest BCUT2D eigenvalue weighted by Crippen LogP contribution is 2.32. The van der Waals surface area contributed by atoms with Crippen LogP contribution in [0.4, 0.5) is 0 Å². The zero-order chi connectivity index (χ0) is 26.3. The topological polar surface area (TPSA) is 76.7 Å². The smallest absolute Gasteiger partial charge is 0.258 e. The number of carbonyl (C=O) groups is 2. The van der Waals surface area contributed by atoms with Crippen molar-refractivity contribution in [3.8, 4) is 11.5 Å². The van der Waals surface area contributed by atoms with Gasteiger partial charge in [-0.05, 0) is 46.9 Å². The molecule has 196 valence electrons. The van der Waals surface area contributed by atoms with E-state index in [1.54, 1.807) is 0 Å². The normalized spacial score (nSPS) is 18.3. The van der Waals surface area contributed by atoms with Crippen LogP contribution in [0.2, 0.25) is 0 Å². The average molecular weight is 495 g/mol. The van der Waals surface area contributed by atoms with E-state index in [0.29, 0.717) is 0 Å². The van der Waals surface area contributed by atoms with Gasteiger partial charge in [0.2, 0.25) is 0 Å². The monoisotopic (exact) mass is 494 g/mol. The van der Waals surface area contributed by atoms with Crippen molar-refractivity contribution in [1.82, 2.24) is 10.6 Å². The molecule has 2 unspecified atom stereocenters. The lowest BCUT2D eigenvalue weighted by molar-refractivity contribution is -0.127. The van der Waals surface area contributed by atoms with Crippen molar-refractivity contribution in [2.75, 3.05) is 13.2 Å². The number of hydrogen-bond donors (Lipinski definition) is 2. The molecule has 2 N–H and O–H groups in total. The van der Waals surface area contributed by atoms with Crippen molar-refractivity contribution < 1.29 is 19.1 Å². The minimum Gasteiger partial charge on any atom is -0.483 e. The van der Waals surface area contributed by atoms with Crippen molar-refractivity contribution in [2.24, 2.45) is 0 Å². The largest absolute Gasteiger partial charge is 0.483 e. The van der Waals surface area contributed by atoms with Crippen molar-refractivity contribution >= 4 is 11.8 Å². The zero-order valence-electron chi connectivity index (χ0n) is 22.6.